The molecule has 2 amide bonds. The number of nitrogens with one attached hydrogen (secondary N) is 3. The van der Waals surface area contributed by atoms with E-state index in [2.05, 4.69) is 30.8 Å². The highest BCUT2D eigenvalue weighted by atomic mass is 32.1. The Bertz CT molecular complexity index is 1200. The molecule has 0 spiro atoms. The van der Waals surface area contributed by atoms with Crippen LogP contribution in [0.4, 0.5) is 15.9 Å². The van der Waals surface area contributed by atoms with E-state index in [1.165, 1.54) is 35.9 Å². The fraction of sp³-hybridized carbons (Fsp3) is 0.417. The molecule has 9 nitrogen and oxygen atoms in total. The smallest absolute Gasteiger partial charge is 0.261 e. The second kappa shape index (κ2) is 11.9. The summed E-state index contributed by atoms with van der Waals surface area (Å²) in [5.41, 5.74) is 1.18. The summed E-state index contributed by atoms with van der Waals surface area (Å²) >= 11 is 1.29. The Morgan fingerprint density at radius 2 is 2.00 bits per heavy atom. The largest absolute Gasteiger partial charge is 0.479 e. The zero-order valence-electron chi connectivity index (χ0n) is 20.6. The number of hydrogen-bond donors (Lipinski definition) is 3. The number of likely N-dealkylation sites (N-methyl/N-ethyl adjacent to an activating group) is 1. The Hall–Kier alpha value is -3.31. The monoisotopic (exact) mass is 502 g/mol. The zero-order valence-corrected chi connectivity index (χ0v) is 21.4. The van der Waals surface area contributed by atoms with Gasteiger partial charge in [-0.25, -0.2) is 14.4 Å². The zero-order chi connectivity index (χ0) is 25.5. The van der Waals surface area contributed by atoms with E-state index in [-0.39, 0.29) is 17.6 Å². The number of rotatable bonds is 11. The Morgan fingerprint density at radius 1 is 1.23 bits per heavy atom. The fourth-order valence-corrected chi connectivity index (χ4v) is 4.51. The molecule has 1 unspecified atom stereocenters. The van der Waals surface area contributed by atoms with Crippen LogP contribution in [0.3, 0.4) is 0 Å². The second-order valence-corrected chi connectivity index (χ2v) is 9.29. The van der Waals surface area contributed by atoms with E-state index < -0.39 is 11.9 Å². The number of aryl methyl sites for hydroxylation is 1. The number of benzene rings is 1. The molecule has 3 N–H and O–H groups in total. The lowest BCUT2D eigenvalue weighted by Gasteiger charge is -2.18. The second-order valence-electron chi connectivity index (χ2n) is 8.29. The molecule has 1 atom stereocenters. The number of ether oxygens (including phenoxy) is 1. The molecule has 3 rings (SSSR count). The lowest BCUT2D eigenvalue weighted by molar-refractivity contribution is -0.127. The van der Waals surface area contributed by atoms with Crippen molar-refractivity contribution in [3.63, 3.8) is 0 Å². The summed E-state index contributed by atoms with van der Waals surface area (Å²) in [5.74, 6) is -0.333. The quantitative estimate of drug-likeness (QED) is 0.345. The van der Waals surface area contributed by atoms with Crippen LogP contribution in [-0.4, -0.2) is 66.5 Å². The van der Waals surface area contributed by atoms with Crippen molar-refractivity contribution in [2.75, 3.05) is 39.0 Å². The summed E-state index contributed by atoms with van der Waals surface area (Å²) < 4.78 is 19.7. The standard InChI is InChI=1S/C24H31FN6O3S/c1-6-26-22(32)15(3)34-18-12-16(25)8-9-17(18)30-21-19-14(2)20(35-24(19)29-13-28-21)23(33)27-10-7-11-31(4)5/h8-9,12-13,15H,6-7,10-11H2,1-5H3,(H,26,32)(H,27,33)(H,28,29,30). The van der Waals surface area contributed by atoms with Crippen LogP contribution in [0, 0.1) is 12.7 Å². The Morgan fingerprint density at radius 3 is 2.71 bits per heavy atom. The highest BCUT2D eigenvalue weighted by Gasteiger charge is 2.21. The minimum absolute atomic E-state index is 0.156. The molecule has 2 aromatic heterocycles. The number of amides is 2. The topological polar surface area (TPSA) is 108 Å². The molecule has 3 aromatic rings. The van der Waals surface area contributed by atoms with E-state index in [0.29, 0.717) is 39.7 Å². The van der Waals surface area contributed by atoms with Crippen molar-refractivity contribution < 1.29 is 18.7 Å². The molecule has 11 heteroatoms. The van der Waals surface area contributed by atoms with Crippen LogP contribution in [0.15, 0.2) is 24.5 Å². The minimum atomic E-state index is -0.826. The number of hydrogen-bond acceptors (Lipinski definition) is 8. The van der Waals surface area contributed by atoms with Crippen LogP contribution in [0.5, 0.6) is 5.75 Å². The molecule has 0 saturated carbocycles. The van der Waals surface area contributed by atoms with Crippen molar-refractivity contribution in [3.05, 3.63) is 40.8 Å². The van der Waals surface area contributed by atoms with Gasteiger partial charge in [-0.15, -0.1) is 11.3 Å². The SMILES string of the molecule is CCNC(=O)C(C)Oc1cc(F)ccc1Nc1ncnc2sc(C(=O)NCCCN(C)C)c(C)c12. The predicted octanol–water partition coefficient (Wildman–Crippen LogP) is 3.47. The normalized spacial score (nSPS) is 12.0. The first kappa shape index (κ1) is 26.3. The highest BCUT2D eigenvalue weighted by Crippen LogP contribution is 2.36. The van der Waals surface area contributed by atoms with E-state index in [1.54, 1.807) is 6.92 Å². The van der Waals surface area contributed by atoms with Gasteiger partial charge in [-0.05, 0) is 65.5 Å². The van der Waals surface area contributed by atoms with Gasteiger partial charge in [0.25, 0.3) is 11.8 Å². The first-order valence-corrected chi connectivity index (χ1v) is 12.2. The lowest BCUT2D eigenvalue weighted by Crippen LogP contribution is -2.36. The number of thiophene rings is 1. The number of nitrogens with zero attached hydrogens (tertiary/aromatic N) is 3. The summed E-state index contributed by atoms with van der Waals surface area (Å²) in [5, 5.41) is 9.51. The van der Waals surface area contributed by atoms with Gasteiger partial charge in [0.15, 0.2) is 6.10 Å². The van der Waals surface area contributed by atoms with Crippen molar-refractivity contribution >= 4 is 44.9 Å². The van der Waals surface area contributed by atoms with E-state index in [4.69, 9.17) is 4.74 Å². The van der Waals surface area contributed by atoms with Crippen LogP contribution in [0.25, 0.3) is 10.2 Å². The van der Waals surface area contributed by atoms with E-state index >= 15 is 0 Å². The molecule has 0 aliphatic heterocycles. The van der Waals surface area contributed by atoms with Crippen LogP contribution in [-0.2, 0) is 4.79 Å². The van der Waals surface area contributed by atoms with E-state index in [9.17, 15) is 14.0 Å². The maximum Gasteiger partial charge on any atom is 0.261 e. The average Bonchev–Trinajstić information content (AvgIpc) is 3.15. The van der Waals surface area contributed by atoms with Crippen molar-refractivity contribution in [1.82, 2.24) is 25.5 Å². The summed E-state index contributed by atoms with van der Waals surface area (Å²) in [7, 11) is 3.98. The number of fused-ring (bicyclic) bond motifs is 1. The number of carbonyl (C=O) groups excluding carboxylic acids is 2. The van der Waals surface area contributed by atoms with Gasteiger partial charge in [0.1, 0.15) is 28.5 Å². The average molecular weight is 503 g/mol. The minimum Gasteiger partial charge on any atom is -0.479 e. The molecule has 0 aliphatic carbocycles. The van der Waals surface area contributed by atoms with Crippen LogP contribution >= 0.6 is 11.3 Å². The molecule has 35 heavy (non-hydrogen) atoms. The van der Waals surface area contributed by atoms with Gasteiger partial charge in [0.05, 0.1) is 16.0 Å². The van der Waals surface area contributed by atoms with Gasteiger partial charge in [0.2, 0.25) is 0 Å². The third-order valence-corrected chi connectivity index (χ3v) is 6.42. The Balaban J connectivity index is 1.86. The van der Waals surface area contributed by atoms with Gasteiger partial charge in [-0.1, -0.05) is 0 Å². The molecule has 188 valence electrons. The third-order valence-electron chi connectivity index (χ3n) is 5.22. The molecule has 0 fully saturated rings. The molecule has 2 heterocycles. The number of halogens is 1. The molecule has 0 bridgehead atoms. The van der Waals surface area contributed by atoms with Gasteiger partial charge >= 0.3 is 0 Å². The van der Waals surface area contributed by atoms with E-state index in [0.717, 1.165) is 18.5 Å². The molecule has 0 saturated heterocycles. The third kappa shape index (κ3) is 6.64. The van der Waals surface area contributed by atoms with Crippen LogP contribution < -0.4 is 20.7 Å². The van der Waals surface area contributed by atoms with Gasteiger partial charge in [0, 0.05) is 19.2 Å². The van der Waals surface area contributed by atoms with Gasteiger partial charge < -0.3 is 25.6 Å². The number of aromatic nitrogens is 2. The van der Waals surface area contributed by atoms with Gasteiger partial charge in [-0.2, -0.15) is 0 Å². The van der Waals surface area contributed by atoms with Crippen molar-refractivity contribution in [1.29, 1.82) is 0 Å². The number of anilines is 2. The van der Waals surface area contributed by atoms with E-state index in [1.807, 2.05) is 27.9 Å². The summed E-state index contributed by atoms with van der Waals surface area (Å²) in [6.45, 7) is 7.16. The molecular formula is C24H31FN6O3S. The fourth-order valence-electron chi connectivity index (χ4n) is 3.45. The number of carbonyl (C=O) groups is 2. The van der Waals surface area contributed by atoms with Gasteiger partial charge in [-0.3, -0.25) is 9.59 Å². The molecule has 0 radical (unpaired) electrons. The van der Waals surface area contributed by atoms with Crippen LogP contribution in [0.2, 0.25) is 0 Å². The Kier molecular flexibility index (Phi) is 8.94. The van der Waals surface area contributed by atoms with Crippen molar-refractivity contribution in [2.24, 2.45) is 0 Å². The van der Waals surface area contributed by atoms with Crippen molar-refractivity contribution in [2.45, 2.75) is 33.3 Å². The Labute approximate surface area is 208 Å². The maximum atomic E-state index is 14.0. The highest BCUT2D eigenvalue weighted by molar-refractivity contribution is 7.20. The first-order valence-electron chi connectivity index (χ1n) is 11.4. The molecule has 0 aliphatic rings. The maximum absolute atomic E-state index is 14.0. The first-order chi connectivity index (χ1) is 16.7. The predicted molar refractivity (Wildman–Crippen MR) is 136 cm³/mol. The summed E-state index contributed by atoms with van der Waals surface area (Å²) in [6.07, 6.45) is 1.42. The van der Waals surface area contributed by atoms with Crippen LogP contribution in [0.1, 0.15) is 35.5 Å². The molecular weight excluding hydrogens is 471 g/mol. The summed E-state index contributed by atoms with van der Waals surface area (Å²) in [4.78, 5) is 36.9. The molecule has 1 aromatic carbocycles. The summed E-state index contributed by atoms with van der Waals surface area (Å²) in [6, 6.07) is 4.02. The van der Waals surface area contributed by atoms with Crippen molar-refractivity contribution in [3.8, 4) is 5.75 Å². The lowest BCUT2D eigenvalue weighted by atomic mass is 10.2.